The first-order chi connectivity index (χ1) is 7.83. The van der Waals surface area contributed by atoms with Gasteiger partial charge in [0, 0.05) is 17.3 Å². The van der Waals surface area contributed by atoms with E-state index in [0.717, 1.165) is 11.3 Å². The van der Waals surface area contributed by atoms with Crippen molar-refractivity contribution >= 4 is 23.2 Å². The first-order valence-electron chi connectivity index (χ1n) is 5.26. The first kappa shape index (κ1) is 13.9. The lowest BCUT2D eigenvalue weighted by atomic mass is 10.4. The maximum atomic E-state index is 12.3. The third-order valence-electron chi connectivity index (χ3n) is 2.43. The molecule has 92 valence electrons. The van der Waals surface area contributed by atoms with Crippen molar-refractivity contribution in [3.63, 3.8) is 0 Å². The van der Waals surface area contributed by atoms with Gasteiger partial charge in [-0.05, 0) is 18.6 Å². The summed E-state index contributed by atoms with van der Waals surface area (Å²) in [6, 6.07) is 9.55. The highest BCUT2D eigenvalue weighted by Gasteiger charge is 2.17. The normalized spacial score (nSPS) is 13.7. The summed E-state index contributed by atoms with van der Waals surface area (Å²) in [6.45, 7) is 2.03. The van der Waals surface area contributed by atoms with Gasteiger partial charge in [-0.2, -0.15) is 0 Å². The molecule has 0 aliphatic heterocycles. The van der Waals surface area contributed by atoms with Crippen molar-refractivity contribution in [2.24, 2.45) is 0 Å². The van der Waals surface area contributed by atoms with E-state index in [2.05, 4.69) is 4.98 Å². The van der Waals surface area contributed by atoms with Crippen molar-refractivity contribution in [3.05, 3.63) is 49.1 Å². The van der Waals surface area contributed by atoms with Gasteiger partial charge in [-0.1, -0.05) is 25.1 Å². The maximum Gasteiger partial charge on any atom is 0.114 e. The second-order valence-electron chi connectivity index (χ2n) is 3.48. The summed E-state index contributed by atoms with van der Waals surface area (Å²) in [6.07, 6.45) is 6.10. The minimum Gasteiger partial charge on any atom is -0.322 e. The van der Waals surface area contributed by atoms with Crippen molar-refractivity contribution in [3.8, 4) is 0 Å². The van der Waals surface area contributed by atoms with Crippen molar-refractivity contribution < 1.29 is 4.21 Å². The van der Waals surface area contributed by atoms with Crippen LogP contribution in [0.25, 0.3) is 0 Å². The Morgan fingerprint density at radius 1 is 1.35 bits per heavy atom. The average molecular weight is 271 g/mol. The van der Waals surface area contributed by atoms with Crippen LogP contribution in [-0.4, -0.2) is 13.8 Å². The zero-order valence-corrected chi connectivity index (χ0v) is 11.2. The number of imidazole rings is 1. The molecule has 1 aromatic carbocycles. The van der Waals surface area contributed by atoms with Crippen molar-refractivity contribution in [2.75, 3.05) is 0 Å². The fourth-order valence-corrected chi connectivity index (χ4v) is 3.01. The minimum atomic E-state index is -1.03. The Balaban J connectivity index is 0.00000144. The molecule has 17 heavy (non-hydrogen) atoms. The third-order valence-corrected chi connectivity index (χ3v) is 4.24. The van der Waals surface area contributed by atoms with Crippen LogP contribution in [0.2, 0.25) is 0 Å². The summed E-state index contributed by atoms with van der Waals surface area (Å²) in [7, 11) is -1.03. The lowest BCUT2D eigenvalue weighted by Crippen LogP contribution is -2.12. The van der Waals surface area contributed by atoms with E-state index in [4.69, 9.17) is 0 Å². The van der Waals surface area contributed by atoms with Gasteiger partial charge in [0.25, 0.3) is 0 Å². The van der Waals surface area contributed by atoms with Crippen LogP contribution in [-0.2, 0) is 10.8 Å². The lowest BCUT2D eigenvalue weighted by Gasteiger charge is -2.15. The van der Waals surface area contributed by atoms with Crippen LogP contribution in [0.3, 0.4) is 0 Å². The molecule has 0 bridgehead atoms. The number of hydrogen-bond acceptors (Lipinski definition) is 2. The van der Waals surface area contributed by atoms with Gasteiger partial charge in [0.15, 0.2) is 0 Å². The Hall–Kier alpha value is -1.13. The van der Waals surface area contributed by atoms with Crippen molar-refractivity contribution in [1.29, 1.82) is 0 Å². The number of halogens is 1. The highest BCUT2D eigenvalue weighted by atomic mass is 35.5. The topological polar surface area (TPSA) is 34.9 Å². The summed E-state index contributed by atoms with van der Waals surface area (Å²) >= 11 is 0. The van der Waals surface area contributed by atoms with Gasteiger partial charge in [0.1, 0.15) is 5.37 Å². The number of aromatic nitrogens is 2. The maximum absolute atomic E-state index is 12.3. The van der Waals surface area contributed by atoms with E-state index in [1.807, 2.05) is 48.0 Å². The summed E-state index contributed by atoms with van der Waals surface area (Å²) in [5, 5.41) is -0.0371. The first-order valence-corrected chi connectivity index (χ1v) is 6.47. The van der Waals surface area contributed by atoms with Gasteiger partial charge in [-0.25, -0.2) is 4.98 Å². The quantitative estimate of drug-likeness (QED) is 0.856. The molecular weight excluding hydrogens is 256 g/mol. The highest BCUT2D eigenvalue weighted by Crippen LogP contribution is 2.22. The largest absolute Gasteiger partial charge is 0.322 e. The van der Waals surface area contributed by atoms with E-state index in [0.29, 0.717) is 0 Å². The van der Waals surface area contributed by atoms with Gasteiger partial charge in [0.05, 0.1) is 17.1 Å². The molecule has 2 unspecified atom stereocenters. The fraction of sp³-hybridized carbons (Fsp3) is 0.250. The summed E-state index contributed by atoms with van der Waals surface area (Å²) in [4.78, 5) is 4.86. The van der Waals surface area contributed by atoms with E-state index in [-0.39, 0.29) is 17.8 Å². The molecule has 0 saturated heterocycles. The number of hydrogen-bond donors (Lipinski definition) is 0. The highest BCUT2D eigenvalue weighted by molar-refractivity contribution is 7.85. The van der Waals surface area contributed by atoms with Crippen LogP contribution in [0, 0.1) is 0 Å². The average Bonchev–Trinajstić information content (AvgIpc) is 2.85. The van der Waals surface area contributed by atoms with Crippen LogP contribution >= 0.6 is 12.4 Å². The van der Waals surface area contributed by atoms with Crippen LogP contribution in [0.4, 0.5) is 0 Å². The Bertz CT molecular complexity index is 459. The van der Waals surface area contributed by atoms with Crippen molar-refractivity contribution in [1.82, 2.24) is 9.55 Å². The molecule has 0 fully saturated rings. The summed E-state index contributed by atoms with van der Waals surface area (Å²) < 4.78 is 14.2. The molecule has 0 aliphatic rings. The molecule has 0 aliphatic carbocycles. The Morgan fingerprint density at radius 2 is 2.06 bits per heavy atom. The van der Waals surface area contributed by atoms with E-state index >= 15 is 0 Å². The number of rotatable bonds is 4. The molecule has 0 N–H and O–H groups in total. The number of nitrogens with zero attached hydrogens (tertiary/aromatic N) is 2. The molecule has 0 saturated carbocycles. The zero-order chi connectivity index (χ0) is 11.4. The van der Waals surface area contributed by atoms with Crippen LogP contribution in [0.15, 0.2) is 53.9 Å². The molecular formula is C12H15ClN2OS. The minimum absolute atomic E-state index is 0. The van der Waals surface area contributed by atoms with Gasteiger partial charge in [-0.3, -0.25) is 4.21 Å². The molecule has 1 aromatic heterocycles. The molecule has 2 rings (SSSR count). The molecule has 0 radical (unpaired) electrons. The van der Waals surface area contributed by atoms with Crippen molar-refractivity contribution in [2.45, 2.75) is 23.6 Å². The van der Waals surface area contributed by atoms with Gasteiger partial charge in [0.2, 0.25) is 0 Å². The molecule has 1 heterocycles. The summed E-state index contributed by atoms with van der Waals surface area (Å²) in [5.41, 5.74) is 0. The predicted octanol–water partition coefficient (Wildman–Crippen LogP) is 3.02. The zero-order valence-electron chi connectivity index (χ0n) is 9.52. The molecule has 2 atom stereocenters. The molecule has 3 nitrogen and oxygen atoms in total. The lowest BCUT2D eigenvalue weighted by molar-refractivity contribution is 0.605. The monoisotopic (exact) mass is 270 g/mol. The molecule has 0 amide bonds. The number of benzene rings is 1. The van der Waals surface area contributed by atoms with E-state index in [1.165, 1.54) is 0 Å². The Labute approximate surface area is 110 Å². The SMILES string of the molecule is CCC(n1ccnc1)S(=O)c1ccccc1.Cl. The standard InChI is InChI=1S/C12H14N2OS.ClH/c1-2-12(14-9-8-13-10-14)16(15)11-6-4-3-5-7-11;/h3-10,12H,2H2,1H3;1H. The van der Waals surface area contributed by atoms with Gasteiger partial charge in [-0.15, -0.1) is 12.4 Å². The van der Waals surface area contributed by atoms with Crippen LogP contribution in [0.1, 0.15) is 18.7 Å². The van der Waals surface area contributed by atoms with Crippen LogP contribution < -0.4 is 0 Å². The predicted molar refractivity (Wildman–Crippen MR) is 71.7 cm³/mol. The second-order valence-corrected chi connectivity index (χ2v) is 5.09. The summed E-state index contributed by atoms with van der Waals surface area (Å²) in [5.74, 6) is 0. The molecule has 2 aromatic rings. The smallest absolute Gasteiger partial charge is 0.114 e. The fourth-order valence-electron chi connectivity index (χ4n) is 1.62. The van der Waals surface area contributed by atoms with Gasteiger partial charge < -0.3 is 4.57 Å². The van der Waals surface area contributed by atoms with E-state index in [9.17, 15) is 4.21 Å². The second kappa shape index (κ2) is 6.57. The van der Waals surface area contributed by atoms with Crippen LogP contribution in [0.5, 0.6) is 0 Å². The third kappa shape index (κ3) is 3.17. The van der Waals surface area contributed by atoms with E-state index in [1.54, 1.807) is 12.5 Å². The molecule has 0 spiro atoms. The van der Waals surface area contributed by atoms with E-state index < -0.39 is 10.8 Å². The molecule has 5 heteroatoms. The van der Waals surface area contributed by atoms with Gasteiger partial charge >= 0.3 is 0 Å². The Kier molecular flexibility index (Phi) is 5.38. The Morgan fingerprint density at radius 3 is 2.59 bits per heavy atom.